The molecule has 0 saturated heterocycles. The number of esters is 3. The molecule has 2 N–H and O–H groups in total. The van der Waals surface area contributed by atoms with Gasteiger partial charge in [-0.15, -0.1) is 0 Å². The lowest BCUT2D eigenvalue weighted by Gasteiger charge is -2.21. The molecule has 1 amide bonds. The molecule has 0 spiro atoms. The maximum Gasteiger partial charge on any atom is 0.306 e. The van der Waals surface area contributed by atoms with Gasteiger partial charge >= 0.3 is 17.9 Å². The molecular formula is C83H165N3O9. The molecule has 0 rings (SSSR count). The Morgan fingerprint density at radius 3 is 0.832 bits per heavy atom. The molecule has 0 aliphatic rings. The molecule has 0 aromatic heterocycles. The summed E-state index contributed by atoms with van der Waals surface area (Å²) in [7, 11) is 1.97. The van der Waals surface area contributed by atoms with E-state index in [2.05, 4.69) is 51.3 Å². The fourth-order valence-corrected chi connectivity index (χ4v) is 13.0. The van der Waals surface area contributed by atoms with E-state index in [9.17, 15) is 29.4 Å². The third-order valence-corrected chi connectivity index (χ3v) is 19.4. The van der Waals surface area contributed by atoms with E-state index in [-0.39, 0.29) is 43.3 Å². The number of carbonyl (C=O) groups is 4. The molecule has 0 fully saturated rings. The quantitative estimate of drug-likeness (QED) is 0.0341. The molecule has 0 atom stereocenters. The first-order valence-corrected chi connectivity index (χ1v) is 42.0. The SMILES string of the molecule is CCCCCCCCC(CCCCCCCC)OC(=O)CCCCCCCN(CCO)CCCCCC(=O)OCCCCC.CCCCCCCCCN(C)C(=O)CCCCCCCN(CCO)CCCCCCCC(=O)OC(CCCCCCCC)CCCCCCCC. The van der Waals surface area contributed by atoms with E-state index in [1.165, 1.54) is 212 Å². The molecule has 12 nitrogen and oxygen atoms in total. The first-order chi connectivity index (χ1) is 46.5. The minimum absolute atomic E-state index is 0.00541. The first-order valence-electron chi connectivity index (χ1n) is 42.0. The minimum atomic E-state index is -0.0669. The van der Waals surface area contributed by atoms with Gasteiger partial charge in [-0.1, -0.05) is 286 Å². The Labute approximate surface area is 591 Å². The van der Waals surface area contributed by atoms with Crippen LogP contribution < -0.4 is 0 Å². The van der Waals surface area contributed by atoms with E-state index >= 15 is 0 Å². The van der Waals surface area contributed by atoms with Crippen LogP contribution in [0.5, 0.6) is 0 Å². The van der Waals surface area contributed by atoms with Gasteiger partial charge in [0.25, 0.3) is 0 Å². The highest BCUT2D eigenvalue weighted by molar-refractivity contribution is 5.75. The van der Waals surface area contributed by atoms with Gasteiger partial charge in [-0.2, -0.15) is 0 Å². The number of carbonyl (C=O) groups excluding carboxylic acids is 4. The zero-order valence-electron chi connectivity index (χ0n) is 64.7. The summed E-state index contributed by atoms with van der Waals surface area (Å²) in [6.45, 7) is 20.8. The monoisotopic (exact) mass is 1350 g/mol. The summed E-state index contributed by atoms with van der Waals surface area (Å²) in [5.74, 6) is 0.263. The molecule has 0 unspecified atom stereocenters. The average molecular weight is 1350 g/mol. The second kappa shape index (κ2) is 79.1. The molecule has 0 aromatic carbocycles. The highest BCUT2D eigenvalue weighted by atomic mass is 16.5. The van der Waals surface area contributed by atoms with Gasteiger partial charge in [0.1, 0.15) is 12.2 Å². The highest BCUT2D eigenvalue weighted by Gasteiger charge is 2.17. The number of hydrogen-bond acceptors (Lipinski definition) is 11. The summed E-state index contributed by atoms with van der Waals surface area (Å²) in [5.41, 5.74) is 0. The molecule has 0 aliphatic heterocycles. The lowest BCUT2D eigenvalue weighted by molar-refractivity contribution is -0.151. The van der Waals surface area contributed by atoms with Gasteiger partial charge in [0.05, 0.1) is 19.8 Å². The Bertz CT molecular complexity index is 1540. The Morgan fingerprint density at radius 1 is 0.274 bits per heavy atom. The van der Waals surface area contributed by atoms with Crippen LogP contribution >= 0.6 is 0 Å². The van der Waals surface area contributed by atoms with Crippen LogP contribution in [0.3, 0.4) is 0 Å². The van der Waals surface area contributed by atoms with Gasteiger partial charge in [0.2, 0.25) is 5.91 Å². The molecule has 0 heterocycles. The zero-order chi connectivity index (χ0) is 69.8. The Hall–Kier alpha value is -2.28. The number of amides is 1. The van der Waals surface area contributed by atoms with Crippen LogP contribution in [0, 0.1) is 0 Å². The Morgan fingerprint density at radius 2 is 0.516 bits per heavy atom. The largest absolute Gasteiger partial charge is 0.466 e. The minimum Gasteiger partial charge on any atom is -0.466 e. The van der Waals surface area contributed by atoms with Crippen LogP contribution in [0.2, 0.25) is 0 Å². The van der Waals surface area contributed by atoms with Crippen molar-refractivity contribution < 1.29 is 43.6 Å². The second-order valence-corrected chi connectivity index (χ2v) is 28.8. The fraction of sp³-hybridized carbons (Fsp3) is 0.952. The van der Waals surface area contributed by atoms with Crippen LogP contribution in [-0.4, -0.2) is 134 Å². The van der Waals surface area contributed by atoms with Crippen molar-refractivity contribution in [3.05, 3.63) is 0 Å². The fourth-order valence-electron chi connectivity index (χ4n) is 13.0. The average Bonchev–Trinajstić information content (AvgIpc) is 3.78. The van der Waals surface area contributed by atoms with Crippen molar-refractivity contribution in [2.24, 2.45) is 0 Å². The number of unbranched alkanes of at least 4 members (excludes halogenated alkanes) is 42. The Kier molecular flexibility index (Phi) is 78.9. The van der Waals surface area contributed by atoms with Crippen molar-refractivity contribution in [2.45, 2.75) is 439 Å². The summed E-state index contributed by atoms with van der Waals surface area (Å²) in [6.07, 6.45) is 69.2. The second-order valence-electron chi connectivity index (χ2n) is 28.8. The first kappa shape index (κ1) is 94.8. The van der Waals surface area contributed by atoms with Crippen molar-refractivity contribution in [3.8, 4) is 0 Å². The van der Waals surface area contributed by atoms with Gasteiger partial charge in [0.15, 0.2) is 0 Å². The predicted molar refractivity (Wildman–Crippen MR) is 406 cm³/mol. The number of hydrogen-bond donors (Lipinski definition) is 2. The standard InChI is InChI=1S/C45H90N2O4.C38H75NO5/c1-5-8-11-14-17-24-31-38-46(4)44(49)36-29-22-18-25-32-39-47(41-42-48)40-33-26-19-23-30-37-45(50)51-43(34-27-20-15-12-9-6-2)35-28-21-16-13-10-7-3;1-4-7-10-12-15-20-27-36(28-21-16-13-11-8-5-2)44-38(42)30-22-17-14-18-24-31-39(33-34-40)32-25-19-23-29-37(41)43-35-26-9-6-3/h43,48H,5-42H2,1-4H3;36,40H,4-35H2,1-3H3. The maximum absolute atomic E-state index is 12.7. The van der Waals surface area contributed by atoms with Crippen LogP contribution in [0.1, 0.15) is 427 Å². The Balaban J connectivity index is 0. The van der Waals surface area contributed by atoms with Crippen molar-refractivity contribution in [1.29, 1.82) is 0 Å². The van der Waals surface area contributed by atoms with Crippen molar-refractivity contribution in [2.75, 3.05) is 72.7 Å². The predicted octanol–water partition coefficient (Wildman–Crippen LogP) is 22.9. The van der Waals surface area contributed by atoms with E-state index < -0.39 is 0 Å². The van der Waals surface area contributed by atoms with E-state index in [1.54, 1.807) is 0 Å². The highest BCUT2D eigenvalue weighted by Crippen LogP contribution is 2.22. The topological polar surface area (TPSA) is 146 Å². The molecule has 12 heteroatoms. The normalized spacial score (nSPS) is 11.5. The maximum atomic E-state index is 12.7. The molecule has 566 valence electrons. The number of ether oxygens (including phenoxy) is 3. The van der Waals surface area contributed by atoms with E-state index in [0.717, 1.165) is 187 Å². The number of nitrogens with zero attached hydrogens (tertiary/aromatic N) is 3. The van der Waals surface area contributed by atoms with Crippen molar-refractivity contribution >= 4 is 23.8 Å². The van der Waals surface area contributed by atoms with Gasteiger partial charge in [-0.25, -0.2) is 0 Å². The summed E-state index contributed by atoms with van der Waals surface area (Å²) < 4.78 is 17.3. The summed E-state index contributed by atoms with van der Waals surface area (Å²) in [6, 6.07) is 0. The van der Waals surface area contributed by atoms with E-state index in [0.29, 0.717) is 44.7 Å². The number of aliphatic hydroxyl groups excluding tert-OH is 2. The molecule has 0 radical (unpaired) electrons. The van der Waals surface area contributed by atoms with Gasteiger partial charge < -0.3 is 39.1 Å². The summed E-state index contributed by atoms with van der Waals surface area (Å²) in [5, 5.41) is 19.0. The molecular weight excluding hydrogens is 1180 g/mol. The molecule has 95 heavy (non-hydrogen) atoms. The van der Waals surface area contributed by atoms with Crippen LogP contribution in [0.15, 0.2) is 0 Å². The van der Waals surface area contributed by atoms with E-state index in [4.69, 9.17) is 14.2 Å². The molecule has 0 aliphatic carbocycles. The zero-order valence-corrected chi connectivity index (χ0v) is 64.7. The molecule has 0 aromatic rings. The lowest BCUT2D eigenvalue weighted by atomic mass is 10.0. The van der Waals surface area contributed by atoms with E-state index in [1.807, 2.05) is 11.9 Å². The van der Waals surface area contributed by atoms with Gasteiger partial charge in [0, 0.05) is 52.4 Å². The third-order valence-electron chi connectivity index (χ3n) is 19.4. The summed E-state index contributed by atoms with van der Waals surface area (Å²) >= 11 is 0. The van der Waals surface area contributed by atoms with Crippen LogP contribution in [0.4, 0.5) is 0 Å². The van der Waals surface area contributed by atoms with Crippen LogP contribution in [-0.2, 0) is 33.4 Å². The van der Waals surface area contributed by atoms with Gasteiger partial charge in [-0.3, -0.25) is 19.2 Å². The van der Waals surface area contributed by atoms with Crippen molar-refractivity contribution in [3.63, 3.8) is 0 Å². The van der Waals surface area contributed by atoms with Crippen molar-refractivity contribution in [1.82, 2.24) is 14.7 Å². The smallest absolute Gasteiger partial charge is 0.306 e. The van der Waals surface area contributed by atoms with Gasteiger partial charge in [-0.05, 0) is 142 Å². The van der Waals surface area contributed by atoms with Crippen LogP contribution in [0.25, 0.3) is 0 Å². The number of rotatable bonds is 76. The molecule has 0 bridgehead atoms. The number of aliphatic hydroxyl groups is 2. The third kappa shape index (κ3) is 72.8. The molecule has 0 saturated carbocycles. The lowest BCUT2D eigenvalue weighted by Crippen LogP contribution is -2.29. The summed E-state index contributed by atoms with van der Waals surface area (Å²) in [4.78, 5) is 56.3.